The van der Waals surface area contributed by atoms with Gasteiger partial charge in [0.05, 0.1) is 12.0 Å². The zero-order valence-electron chi connectivity index (χ0n) is 11.8. The first-order valence-corrected chi connectivity index (χ1v) is 7.65. The van der Waals surface area contributed by atoms with Crippen LogP contribution in [0, 0.1) is 11.2 Å². The Labute approximate surface area is 133 Å². The lowest BCUT2D eigenvalue weighted by Gasteiger charge is -2.12. The topological polar surface area (TPSA) is 38.3 Å². The van der Waals surface area contributed by atoms with E-state index < -0.39 is 9.75 Å². The first-order chi connectivity index (χ1) is 9.85. The quantitative estimate of drug-likeness (QED) is 0.610. The van der Waals surface area contributed by atoms with Crippen LogP contribution < -0.4 is 10.1 Å². The molecule has 1 atom stereocenters. The molecule has 0 saturated heterocycles. The zero-order valence-corrected chi connectivity index (χ0v) is 13.3. The van der Waals surface area contributed by atoms with E-state index >= 15 is 0 Å². The minimum atomic E-state index is -0.928. The third-order valence-electron chi connectivity index (χ3n) is 3.70. The third-order valence-corrected chi connectivity index (χ3v) is 4.80. The van der Waals surface area contributed by atoms with Crippen LogP contribution in [0.3, 0.4) is 0 Å². The van der Waals surface area contributed by atoms with Gasteiger partial charge in [0.15, 0.2) is 0 Å². The van der Waals surface area contributed by atoms with Gasteiger partial charge in [0.2, 0.25) is 5.91 Å². The summed E-state index contributed by atoms with van der Waals surface area (Å²) in [4.78, 5) is 11.9. The van der Waals surface area contributed by atoms with Gasteiger partial charge in [0, 0.05) is 6.54 Å². The normalized spacial score (nSPS) is 22.7. The summed E-state index contributed by atoms with van der Waals surface area (Å²) >= 11 is 11.9. The Morgan fingerprint density at radius 1 is 1.33 bits per heavy atom. The standard InChI is InChI=1S/C15H18Cl2FNO2/c1-14(10-15(14,16)17)13(20)19-8-2-3-9-21-12-6-4-11(18)5-7-12/h4-7H,2-3,8-10H2,1H3,(H,19,20). The van der Waals surface area contributed by atoms with Gasteiger partial charge in [-0.1, -0.05) is 0 Å². The first kappa shape index (κ1) is 16.4. The molecule has 116 valence electrons. The number of hydrogen-bond acceptors (Lipinski definition) is 2. The fourth-order valence-corrected chi connectivity index (χ4v) is 2.70. The van der Waals surface area contributed by atoms with Crippen molar-refractivity contribution >= 4 is 29.1 Å². The maximum absolute atomic E-state index is 12.7. The number of nitrogens with one attached hydrogen (secondary N) is 1. The maximum Gasteiger partial charge on any atom is 0.229 e. The van der Waals surface area contributed by atoms with E-state index in [1.165, 1.54) is 12.1 Å². The molecule has 1 aliphatic rings. The van der Waals surface area contributed by atoms with E-state index in [-0.39, 0.29) is 11.7 Å². The van der Waals surface area contributed by atoms with Crippen LogP contribution in [0.2, 0.25) is 0 Å². The lowest BCUT2D eigenvalue weighted by Crippen LogP contribution is -2.34. The molecular weight excluding hydrogens is 316 g/mol. The van der Waals surface area contributed by atoms with Crippen molar-refractivity contribution in [3.8, 4) is 5.75 Å². The molecular formula is C15H18Cl2FNO2. The van der Waals surface area contributed by atoms with E-state index in [0.29, 0.717) is 25.3 Å². The van der Waals surface area contributed by atoms with Crippen molar-refractivity contribution in [1.82, 2.24) is 5.32 Å². The van der Waals surface area contributed by atoms with Crippen LogP contribution in [0.15, 0.2) is 24.3 Å². The number of unbranched alkanes of at least 4 members (excludes halogenated alkanes) is 1. The van der Waals surface area contributed by atoms with Gasteiger partial charge in [-0.25, -0.2) is 4.39 Å². The molecule has 3 nitrogen and oxygen atoms in total. The van der Waals surface area contributed by atoms with Crippen molar-refractivity contribution in [2.45, 2.75) is 30.5 Å². The average molecular weight is 334 g/mol. The molecule has 6 heteroatoms. The Morgan fingerprint density at radius 2 is 1.95 bits per heavy atom. The molecule has 0 bridgehead atoms. The van der Waals surface area contributed by atoms with Crippen molar-refractivity contribution in [3.63, 3.8) is 0 Å². The van der Waals surface area contributed by atoms with E-state index in [9.17, 15) is 9.18 Å². The molecule has 1 saturated carbocycles. The number of carbonyl (C=O) groups excluding carboxylic acids is 1. The van der Waals surface area contributed by atoms with E-state index in [1.807, 2.05) is 0 Å². The van der Waals surface area contributed by atoms with Crippen molar-refractivity contribution in [2.75, 3.05) is 13.2 Å². The van der Waals surface area contributed by atoms with Crippen molar-refractivity contribution in [1.29, 1.82) is 0 Å². The molecule has 1 aromatic rings. The summed E-state index contributed by atoms with van der Waals surface area (Å²) in [6.07, 6.45) is 2.07. The fraction of sp³-hybridized carbons (Fsp3) is 0.533. The van der Waals surface area contributed by atoms with Crippen LogP contribution in [0.5, 0.6) is 5.75 Å². The fourth-order valence-electron chi connectivity index (χ4n) is 1.99. The first-order valence-electron chi connectivity index (χ1n) is 6.90. The second-order valence-electron chi connectivity index (χ2n) is 5.48. The number of hydrogen-bond donors (Lipinski definition) is 1. The Morgan fingerprint density at radius 3 is 2.52 bits per heavy atom. The van der Waals surface area contributed by atoms with Crippen LogP contribution in [-0.4, -0.2) is 23.4 Å². The van der Waals surface area contributed by atoms with E-state index in [0.717, 1.165) is 12.8 Å². The van der Waals surface area contributed by atoms with E-state index in [2.05, 4.69) is 5.32 Å². The van der Waals surface area contributed by atoms with Crippen LogP contribution >= 0.6 is 23.2 Å². The number of carbonyl (C=O) groups is 1. The highest BCUT2D eigenvalue weighted by atomic mass is 35.5. The number of halogens is 3. The summed E-state index contributed by atoms with van der Waals surface area (Å²) in [6.45, 7) is 2.85. The van der Waals surface area contributed by atoms with E-state index in [4.69, 9.17) is 27.9 Å². The smallest absolute Gasteiger partial charge is 0.229 e. The average Bonchev–Trinajstić information content (AvgIpc) is 2.96. The molecule has 0 heterocycles. The highest BCUT2D eigenvalue weighted by Crippen LogP contribution is 2.63. The highest BCUT2D eigenvalue weighted by molar-refractivity contribution is 6.53. The lowest BCUT2D eigenvalue weighted by molar-refractivity contribution is -0.125. The second-order valence-corrected chi connectivity index (χ2v) is 6.96. The summed E-state index contributed by atoms with van der Waals surface area (Å²) in [5, 5.41) is 2.83. The van der Waals surface area contributed by atoms with Gasteiger partial charge < -0.3 is 10.1 Å². The number of amides is 1. The molecule has 0 radical (unpaired) electrons. The predicted molar refractivity (Wildman–Crippen MR) is 81.3 cm³/mol. The Hall–Kier alpha value is -1.00. The Bertz CT molecular complexity index is 507. The van der Waals surface area contributed by atoms with Crippen LogP contribution in [0.4, 0.5) is 4.39 Å². The Kier molecular flexibility index (Phi) is 4.99. The van der Waals surface area contributed by atoms with Crippen molar-refractivity contribution < 1.29 is 13.9 Å². The van der Waals surface area contributed by atoms with Gasteiger partial charge >= 0.3 is 0 Å². The van der Waals surface area contributed by atoms with Crippen LogP contribution in [0.1, 0.15) is 26.2 Å². The summed E-state index contributed by atoms with van der Waals surface area (Å²) in [5.74, 6) is 0.250. The monoisotopic (exact) mass is 333 g/mol. The number of ether oxygens (including phenoxy) is 1. The van der Waals surface area contributed by atoms with E-state index in [1.54, 1.807) is 19.1 Å². The van der Waals surface area contributed by atoms with Gasteiger partial charge in [0.25, 0.3) is 0 Å². The largest absolute Gasteiger partial charge is 0.494 e. The molecule has 1 aromatic carbocycles. The molecule has 1 fully saturated rings. The summed E-state index contributed by atoms with van der Waals surface area (Å²) in [5.41, 5.74) is -0.666. The summed E-state index contributed by atoms with van der Waals surface area (Å²) in [6, 6.07) is 5.89. The van der Waals surface area contributed by atoms with Crippen LogP contribution in [0.25, 0.3) is 0 Å². The number of rotatable bonds is 7. The van der Waals surface area contributed by atoms with Crippen molar-refractivity contribution in [3.05, 3.63) is 30.1 Å². The highest BCUT2D eigenvalue weighted by Gasteiger charge is 2.67. The molecule has 0 aliphatic heterocycles. The van der Waals surface area contributed by atoms with Crippen molar-refractivity contribution in [2.24, 2.45) is 5.41 Å². The van der Waals surface area contributed by atoms with Gasteiger partial charge in [-0.2, -0.15) is 0 Å². The minimum absolute atomic E-state index is 0.105. The molecule has 21 heavy (non-hydrogen) atoms. The third kappa shape index (κ3) is 4.01. The summed E-state index contributed by atoms with van der Waals surface area (Å²) in [7, 11) is 0. The van der Waals surface area contributed by atoms with Gasteiger partial charge in [0.1, 0.15) is 15.9 Å². The van der Waals surface area contributed by atoms with Gasteiger partial charge in [-0.3, -0.25) is 4.79 Å². The number of benzene rings is 1. The zero-order chi connectivity index (χ0) is 15.5. The number of alkyl halides is 2. The molecule has 1 amide bonds. The lowest BCUT2D eigenvalue weighted by atomic mass is 10.1. The molecule has 1 aliphatic carbocycles. The predicted octanol–water partition coefficient (Wildman–Crippen LogP) is 3.68. The molecule has 0 spiro atoms. The molecule has 0 aromatic heterocycles. The summed E-state index contributed by atoms with van der Waals surface area (Å²) < 4.78 is 17.2. The molecule has 1 unspecified atom stereocenters. The minimum Gasteiger partial charge on any atom is -0.494 e. The second kappa shape index (κ2) is 6.41. The van der Waals surface area contributed by atoms with Gasteiger partial charge in [-0.15, -0.1) is 23.2 Å². The maximum atomic E-state index is 12.7. The Balaban J connectivity index is 1.57. The molecule has 1 N–H and O–H groups in total. The SMILES string of the molecule is CC1(C(=O)NCCCCOc2ccc(F)cc2)CC1(Cl)Cl. The molecule has 2 rings (SSSR count). The van der Waals surface area contributed by atoms with Crippen LogP contribution in [-0.2, 0) is 4.79 Å². The van der Waals surface area contributed by atoms with Gasteiger partial charge in [-0.05, 0) is 50.5 Å².